The molecule has 0 saturated carbocycles. The smallest absolute Gasteiger partial charge is 0.271 e. The first-order valence-electron chi connectivity index (χ1n) is 7.98. The molecule has 0 unspecified atom stereocenters. The highest BCUT2D eigenvalue weighted by Crippen LogP contribution is 2.11. The van der Waals surface area contributed by atoms with Gasteiger partial charge >= 0.3 is 0 Å². The molecule has 0 atom stereocenters. The highest BCUT2D eigenvalue weighted by atomic mass is 16.3. The second-order valence-corrected chi connectivity index (χ2v) is 5.55. The van der Waals surface area contributed by atoms with Crippen LogP contribution in [-0.2, 0) is 0 Å². The average Bonchev–Trinajstić information content (AvgIpc) is 3.08. The molecule has 0 aliphatic rings. The van der Waals surface area contributed by atoms with Gasteiger partial charge in [-0.05, 0) is 55.5 Å². The molecular weight excluding hydrogens is 330 g/mol. The minimum absolute atomic E-state index is 0.207. The van der Waals surface area contributed by atoms with Crippen LogP contribution in [0.15, 0.2) is 76.2 Å². The third-order valence-electron chi connectivity index (χ3n) is 3.56. The number of anilines is 1. The first-order valence-corrected chi connectivity index (χ1v) is 7.98. The Kier molecular flexibility index (Phi) is 5.24. The quantitative estimate of drug-likeness (QED) is 0.546. The van der Waals surface area contributed by atoms with E-state index in [1.165, 1.54) is 6.21 Å². The maximum atomic E-state index is 12.1. The molecule has 3 aromatic rings. The molecule has 0 bridgehead atoms. The minimum Gasteiger partial charge on any atom is -0.460 e. The Balaban J connectivity index is 1.57. The van der Waals surface area contributed by atoms with Gasteiger partial charge in [-0.25, -0.2) is 5.43 Å². The van der Waals surface area contributed by atoms with Crippen LogP contribution in [0.5, 0.6) is 0 Å². The zero-order valence-corrected chi connectivity index (χ0v) is 14.1. The van der Waals surface area contributed by atoms with E-state index in [0.717, 1.165) is 5.76 Å². The number of furan rings is 1. The Labute approximate surface area is 150 Å². The number of benzene rings is 2. The van der Waals surface area contributed by atoms with Crippen LogP contribution < -0.4 is 10.7 Å². The molecule has 6 nitrogen and oxygen atoms in total. The molecule has 0 saturated heterocycles. The summed E-state index contributed by atoms with van der Waals surface area (Å²) < 4.78 is 5.32. The monoisotopic (exact) mass is 347 g/mol. The molecular formula is C20H17N3O3. The van der Waals surface area contributed by atoms with Crippen LogP contribution in [0.25, 0.3) is 0 Å². The molecule has 0 spiro atoms. The van der Waals surface area contributed by atoms with Gasteiger partial charge in [0.1, 0.15) is 11.5 Å². The van der Waals surface area contributed by atoms with Crippen molar-refractivity contribution in [2.24, 2.45) is 5.10 Å². The third-order valence-corrected chi connectivity index (χ3v) is 3.56. The van der Waals surface area contributed by atoms with Gasteiger partial charge in [-0.15, -0.1) is 0 Å². The highest BCUT2D eigenvalue weighted by Gasteiger charge is 2.07. The summed E-state index contributed by atoms with van der Waals surface area (Å²) in [7, 11) is 0. The Morgan fingerprint density at radius 3 is 2.23 bits per heavy atom. The van der Waals surface area contributed by atoms with Crippen LogP contribution in [0.1, 0.15) is 32.2 Å². The molecule has 3 rings (SSSR count). The van der Waals surface area contributed by atoms with Crippen LogP contribution in [0.2, 0.25) is 0 Å². The predicted octanol–water partition coefficient (Wildman–Crippen LogP) is 3.60. The largest absolute Gasteiger partial charge is 0.460 e. The van der Waals surface area contributed by atoms with Crippen LogP contribution in [0, 0.1) is 6.92 Å². The molecule has 130 valence electrons. The van der Waals surface area contributed by atoms with E-state index in [1.54, 1.807) is 54.6 Å². The van der Waals surface area contributed by atoms with Crippen LogP contribution in [0.4, 0.5) is 5.69 Å². The van der Waals surface area contributed by atoms with Crippen molar-refractivity contribution in [3.8, 4) is 0 Å². The van der Waals surface area contributed by atoms with Crippen molar-refractivity contribution in [2.75, 3.05) is 5.32 Å². The number of carbonyl (C=O) groups is 2. The number of amides is 2. The molecule has 0 radical (unpaired) electrons. The maximum Gasteiger partial charge on any atom is 0.271 e. The normalized spacial score (nSPS) is 10.7. The fraction of sp³-hybridized carbons (Fsp3) is 0.0500. The lowest BCUT2D eigenvalue weighted by Crippen LogP contribution is -2.17. The first kappa shape index (κ1) is 17.2. The van der Waals surface area contributed by atoms with Crippen molar-refractivity contribution in [1.82, 2.24) is 5.43 Å². The molecule has 2 amide bonds. The van der Waals surface area contributed by atoms with Gasteiger partial charge in [0.15, 0.2) is 0 Å². The summed E-state index contributed by atoms with van der Waals surface area (Å²) in [6, 6.07) is 19.0. The number of nitrogens with one attached hydrogen (secondary N) is 2. The number of nitrogens with zero attached hydrogens (tertiary/aromatic N) is 1. The fourth-order valence-electron chi connectivity index (χ4n) is 2.24. The van der Waals surface area contributed by atoms with Gasteiger partial charge in [-0.2, -0.15) is 5.10 Å². The van der Waals surface area contributed by atoms with E-state index >= 15 is 0 Å². The lowest BCUT2D eigenvalue weighted by Gasteiger charge is -2.06. The van der Waals surface area contributed by atoms with Gasteiger partial charge in [-0.1, -0.05) is 18.2 Å². The minimum atomic E-state index is -0.356. The van der Waals surface area contributed by atoms with Crippen molar-refractivity contribution in [1.29, 1.82) is 0 Å². The van der Waals surface area contributed by atoms with Crippen molar-refractivity contribution < 1.29 is 14.0 Å². The summed E-state index contributed by atoms with van der Waals surface area (Å²) in [5.74, 6) is 0.763. The van der Waals surface area contributed by atoms with Crippen molar-refractivity contribution in [3.63, 3.8) is 0 Å². The molecule has 6 heteroatoms. The van der Waals surface area contributed by atoms with E-state index < -0.39 is 0 Å². The Hall–Kier alpha value is -3.67. The van der Waals surface area contributed by atoms with Gasteiger partial charge in [0.25, 0.3) is 11.8 Å². The topological polar surface area (TPSA) is 83.7 Å². The lowest BCUT2D eigenvalue weighted by atomic mass is 10.2. The first-order chi connectivity index (χ1) is 12.6. The van der Waals surface area contributed by atoms with Gasteiger partial charge in [0.2, 0.25) is 0 Å². The number of hydrogen-bond acceptors (Lipinski definition) is 4. The third kappa shape index (κ3) is 4.45. The standard InChI is InChI=1S/C20H17N3O3/c1-14-7-12-18(26-14)13-21-23-20(25)16-8-10-17(11-9-16)22-19(24)15-5-3-2-4-6-15/h2-13H,1H3,(H,22,24)(H,23,25)/b21-13+. The Bertz CT molecular complexity index is 928. The zero-order valence-electron chi connectivity index (χ0n) is 14.1. The molecule has 0 fully saturated rings. The molecule has 2 N–H and O–H groups in total. The number of hydrogen-bond donors (Lipinski definition) is 2. The second-order valence-electron chi connectivity index (χ2n) is 5.55. The van der Waals surface area contributed by atoms with Crippen LogP contribution in [-0.4, -0.2) is 18.0 Å². The van der Waals surface area contributed by atoms with Crippen molar-refractivity contribution >= 4 is 23.7 Å². The summed E-state index contributed by atoms with van der Waals surface area (Å²) in [5, 5.41) is 6.63. The summed E-state index contributed by atoms with van der Waals surface area (Å²) >= 11 is 0. The lowest BCUT2D eigenvalue weighted by molar-refractivity contribution is 0.0954. The highest BCUT2D eigenvalue weighted by molar-refractivity contribution is 6.04. The van der Waals surface area contributed by atoms with Gasteiger partial charge in [0, 0.05) is 16.8 Å². The summed E-state index contributed by atoms with van der Waals surface area (Å²) in [6.45, 7) is 1.83. The molecule has 26 heavy (non-hydrogen) atoms. The molecule has 1 heterocycles. The predicted molar refractivity (Wildman–Crippen MR) is 99.3 cm³/mol. The molecule has 2 aromatic carbocycles. The summed E-state index contributed by atoms with van der Waals surface area (Å²) in [6.07, 6.45) is 1.43. The molecule has 0 aliphatic heterocycles. The Morgan fingerprint density at radius 1 is 0.885 bits per heavy atom. The number of carbonyl (C=O) groups excluding carboxylic acids is 2. The second kappa shape index (κ2) is 7.94. The average molecular weight is 347 g/mol. The Morgan fingerprint density at radius 2 is 1.58 bits per heavy atom. The SMILES string of the molecule is Cc1ccc(/C=N/NC(=O)c2ccc(NC(=O)c3ccccc3)cc2)o1. The summed E-state index contributed by atoms with van der Waals surface area (Å²) in [5.41, 5.74) is 4.02. The van der Waals surface area contributed by atoms with E-state index in [4.69, 9.17) is 4.42 Å². The van der Waals surface area contributed by atoms with Crippen LogP contribution in [0.3, 0.4) is 0 Å². The number of hydrazone groups is 1. The van der Waals surface area contributed by atoms with Gasteiger partial charge in [-0.3, -0.25) is 9.59 Å². The van der Waals surface area contributed by atoms with Crippen molar-refractivity contribution in [2.45, 2.75) is 6.92 Å². The van der Waals surface area contributed by atoms with Gasteiger partial charge in [0.05, 0.1) is 6.21 Å². The van der Waals surface area contributed by atoms with E-state index in [9.17, 15) is 9.59 Å². The van der Waals surface area contributed by atoms with Crippen LogP contribution >= 0.6 is 0 Å². The summed E-state index contributed by atoms with van der Waals surface area (Å²) in [4.78, 5) is 24.1. The fourth-order valence-corrected chi connectivity index (χ4v) is 2.24. The maximum absolute atomic E-state index is 12.1. The van der Waals surface area contributed by atoms with E-state index in [0.29, 0.717) is 22.6 Å². The number of aryl methyl sites for hydroxylation is 1. The van der Waals surface area contributed by atoms with E-state index in [1.807, 2.05) is 19.1 Å². The molecule has 1 aromatic heterocycles. The zero-order chi connectivity index (χ0) is 18.4. The van der Waals surface area contributed by atoms with E-state index in [-0.39, 0.29) is 11.8 Å². The van der Waals surface area contributed by atoms with Gasteiger partial charge < -0.3 is 9.73 Å². The van der Waals surface area contributed by atoms with E-state index in [2.05, 4.69) is 15.8 Å². The molecule has 0 aliphatic carbocycles. The van der Waals surface area contributed by atoms with Crippen molar-refractivity contribution in [3.05, 3.63) is 89.4 Å². The number of rotatable bonds is 5.